The van der Waals surface area contributed by atoms with E-state index in [-0.39, 0.29) is 0 Å². The zero-order chi connectivity index (χ0) is 12.7. The van der Waals surface area contributed by atoms with Crippen LogP contribution in [-0.2, 0) is 0 Å². The maximum absolute atomic E-state index is 5.40. The summed E-state index contributed by atoms with van der Waals surface area (Å²) in [6.07, 6.45) is 1.88. The molecule has 0 radical (unpaired) electrons. The van der Waals surface area contributed by atoms with Crippen LogP contribution in [0.4, 0.5) is 5.95 Å². The number of nitrogen functional groups attached to an aromatic ring is 1. The molecule has 0 saturated carbocycles. The first-order valence-corrected chi connectivity index (χ1v) is 6.26. The number of thiophene rings is 1. The van der Waals surface area contributed by atoms with Crippen LogP contribution in [-0.4, -0.2) is 19.7 Å². The van der Waals surface area contributed by atoms with Crippen molar-refractivity contribution in [2.75, 3.05) is 5.43 Å². The van der Waals surface area contributed by atoms with Crippen molar-refractivity contribution in [2.24, 2.45) is 5.84 Å². The second-order valence-corrected chi connectivity index (χ2v) is 5.23. The Hall–Kier alpha value is -1.99. The average molecular weight is 260 g/mol. The number of hydrogen-bond acceptors (Lipinski definition) is 6. The Morgan fingerprint density at radius 3 is 2.83 bits per heavy atom. The van der Waals surface area contributed by atoms with Gasteiger partial charge in [-0.1, -0.05) is 0 Å². The number of fused-ring (bicyclic) bond motifs is 1. The first-order chi connectivity index (χ1) is 8.67. The van der Waals surface area contributed by atoms with E-state index >= 15 is 0 Å². The second kappa shape index (κ2) is 4.04. The number of hydrazine groups is 1. The Morgan fingerprint density at radius 1 is 1.33 bits per heavy atom. The van der Waals surface area contributed by atoms with Gasteiger partial charge in [-0.3, -0.25) is 5.43 Å². The molecular weight excluding hydrogens is 248 g/mol. The molecule has 92 valence electrons. The van der Waals surface area contributed by atoms with E-state index in [1.54, 1.807) is 16.0 Å². The van der Waals surface area contributed by atoms with Crippen molar-refractivity contribution in [2.45, 2.75) is 13.8 Å². The zero-order valence-electron chi connectivity index (χ0n) is 10.0. The van der Waals surface area contributed by atoms with E-state index in [0.29, 0.717) is 5.95 Å². The van der Waals surface area contributed by atoms with Gasteiger partial charge in [-0.15, -0.1) is 11.3 Å². The van der Waals surface area contributed by atoms with E-state index in [1.165, 1.54) is 4.88 Å². The van der Waals surface area contributed by atoms with Gasteiger partial charge in [0.05, 0.1) is 11.1 Å². The highest BCUT2D eigenvalue weighted by Crippen LogP contribution is 2.28. The highest BCUT2D eigenvalue weighted by molar-refractivity contribution is 7.18. The number of hydrogen-bond donors (Lipinski definition) is 2. The Morgan fingerprint density at radius 2 is 2.17 bits per heavy atom. The molecule has 0 unspecified atom stereocenters. The quantitative estimate of drug-likeness (QED) is 0.542. The lowest BCUT2D eigenvalue weighted by Crippen LogP contribution is -2.12. The van der Waals surface area contributed by atoms with Crippen molar-refractivity contribution < 1.29 is 0 Å². The number of aromatic nitrogens is 4. The molecule has 0 amide bonds. The Labute approximate surface area is 107 Å². The minimum atomic E-state index is 0.396. The molecule has 3 N–H and O–H groups in total. The number of rotatable bonds is 2. The van der Waals surface area contributed by atoms with Gasteiger partial charge in [0.2, 0.25) is 5.95 Å². The predicted molar refractivity (Wildman–Crippen MR) is 71.8 cm³/mol. The summed E-state index contributed by atoms with van der Waals surface area (Å²) in [5.41, 5.74) is 3.43. The molecule has 18 heavy (non-hydrogen) atoms. The maximum atomic E-state index is 5.40. The fraction of sp³-hybridized carbons (Fsp3) is 0.182. The highest BCUT2D eigenvalue weighted by Gasteiger charge is 2.12. The normalized spacial score (nSPS) is 11.1. The molecule has 0 fully saturated rings. The summed E-state index contributed by atoms with van der Waals surface area (Å²) in [6, 6.07) is 4.00. The van der Waals surface area contributed by atoms with Crippen LogP contribution in [0.15, 0.2) is 18.3 Å². The summed E-state index contributed by atoms with van der Waals surface area (Å²) in [4.78, 5) is 10.8. The molecule has 3 rings (SSSR count). The lowest BCUT2D eigenvalue weighted by atomic mass is 10.3. The summed E-state index contributed by atoms with van der Waals surface area (Å²) >= 11 is 1.61. The first-order valence-electron chi connectivity index (χ1n) is 5.45. The third kappa shape index (κ3) is 1.73. The van der Waals surface area contributed by atoms with Gasteiger partial charge in [-0.25, -0.2) is 15.5 Å². The van der Waals surface area contributed by atoms with E-state index in [4.69, 9.17) is 5.84 Å². The molecule has 0 spiro atoms. The van der Waals surface area contributed by atoms with Gasteiger partial charge in [-0.05, 0) is 26.0 Å². The van der Waals surface area contributed by atoms with Crippen molar-refractivity contribution in [3.05, 3.63) is 28.9 Å². The third-order valence-corrected chi connectivity index (χ3v) is 3.51. The highest BCUT2D eigenvalue weighted by atomic mass is 32.1. The van der Waals surface area contributed by atoms with Crippen LogP contribution in [0.2, 0.25) is 0 Å². The summed E-state index contributed by atoms with van der Waals surface area (Å²) in [7, 11) is 0. The van der Waals surface area contributed by atoms with Crippen LogP contribution in [0.3, 0.4) is 0 Å². The fourth-order valence-corrected chi connectivity index (χ4v) is 2.67. The van der Waals surface area contributed by atoms with E-state index < -0.39 is 0 Å². The summed E-state index contributed by atoms with van der Waals surface area (Å²) in [5.74, 6) is 6.54. The number of nitrogens with two attached hydrogens (primary N) is 1. The van der Waals surface area contributed by atoms with Gasteiger partial charge in [0, 0.05) is 11.1 Å². The number of anilines is 1. The molecular formula is C11H12N6S. The van der Waals surface area contributed by atoms with Gasteiger partial charge in [0.15, 0.2) is 5.82 Å². The van der Waals surface area contributed by atoms with Crippen molar-refractivity contribution in [1.29, 1.82) is 0 Å². The topological polar surface area (TPSA) is 81.7 Å². The number of aryl methyl sites for hydroxylation is 2. The SMILES string of the molecule is Cc1ccn(-c2nc(NN)nc3sc(C)cc23)n1. The molecule has 7 heteroatoms. The number of nitrogens with zero attached hydrogens (tertiary/aromatic N) is 4. The molecule has 0 aromatic carbocycles. The third-order valence-electron chi connectivity index (χ3n) is 2.56. The monoisotopic (exact) mass is 260 g/mol. The minimum absolute atomic E-state index is 0.396. The summed E-state index contributed by atoms with van der Waals surface area (Å²) in [5, 5.41) is 5.36. The van der Waals surface area contributed by atoms with Gasteiger partial charge >= 0.3 is 0 Å². The molecule has 3 aromatic heterocycles. The van der Waals surface area contributed by atoms with Crippen LogP contribution >= 0.6 is 11.3 Å². The molecule has 0 aliphatic heterocycles. The van der Waals surface area contributed by atoms with Crippen molar-refractivity contribution in [3.63, 3.8) is 0 Å². The fourth-order valence-electron chi connectivity index (χ4n) is 1.80. The lowest BCUT2D eigenvalue weighted by molar-refractivity contribution is 0.837. The van der Waals surface area contributed by atoms with E-state index in [1.807, 2.05) is 26.1 Å². The second-order valence-electron chi connectivity index (χ2n) is 3.99. The van der Waals surface area contributed by atoms with Crippen LogP contribution in [0, 0.1) is 13.8 Å². The van der Waals surface area contributed by atoms with E-state index in [0.717, 1.165) is 21.7 Å². The molecule has 0 atom stereocenters. The average Bonchev–Trinajstić information content (AvgIpc) is 2.92. The Balaban J connectivity index is 2.31. The molecule has 3 heterocycles. The van der Waals surface area contributed by atoms with Crippen LogP contribution in [0.5, 0.6) is 0 Å². The summed E-state index contributed by atoms with van der Waals surface area (Å²) < 4.78 is 1.74. The first kappa shape index (κ1) is 11.1. The van der Waals surface area contributed by atoms with Crippen molar-refractivity contribution in [3.8, 4) is 5.82 Å². The Kier molecular flexibility index (Phi) is 2.49. The molecule has 3 aromatic rings. The Bertz CT molecular complexity index is 713. The van der Waals surface area contributed by atoms with Crippen molar-refractivity contribution >= 4 is 27.5 Å². The smallest absolute Gasteiger partial charge is 0.240 e. The van der Waals surface area contributed by atoms with Gasteiger partial charge < -0.3 is 0 Å². The van der Waals surface area contributed by atoms with Crippen LogP contribution in [0.1, 0.15) is 10.6 Å². The van der Waals surface area contributed by atoms with Crippen LogP contribution in [0.25, 0.3) is 16.0 Å². The standard InChI is InChI=1S/C11H12N6S/c1-6-3-4-17(16-6)9-8-5-7(2)18-10(8)14-11(13-9)15-12/h3-5H,12H2,1-2H3,(H,13,14,15). The van der Waals surface area contributed by atoms with Gasteiger partial charge in [0.1, 0.15) is 4.83 Å². The maximum Gasteiger partial charge on any atom is 0.240 e. The largest absolute Gasteiger partial charge is 0.292 e. The van der Waals surface area contributed by atoms with Crippen molar-refractivity contribution in [1.82, 2.24) is 19.7 Å². The summed E-state index contributed by atoms with van der Waals surface area (Å²) in [6.45, 7) is 3.98. The lowest BCUT2D eigenvalue weighted by Gasteiger charge is -2.04. The molecule has 0 bridgehead atoms. The molecule has 0 aliphatic carbocycles. The van der Waals surface area contributed by atoms with E-state index in [9.17, 15) is 0 Å². The molecule has 0 saturated heterocycles. The van der Waals surface area contributed by atoms with E-state index in [2.05, 4.69) is 26.6 Å². The minimum Gasteiger partial charge on any atom is -0.292 e. The van der Waals surface area contributed by atoms with Gasteiger partial charge in [0.25, 0.3) is 0 Å². The predicted octanol–water partition coefficient (Wildman–Crippen LogP) is 1.78. The van der Waals surface area contributed by atoms with Crippen LogP contribution < -0.4 is 11.3 Å². The number of nitrogens with one attached hydrogen (secondary N) is 1. The molecule has 0 aliphatic rings. The zero-order valence-corrected chi connectivity index (χ0v) is 10.8. The van der Waals surface area contributed by atoms with Gasteiger partial charge in [-0.2, -0.15) is 10.1 Å². The molecule has 6 nitrogen and oxygen atoms in total.